The molecule has 28 heavy (non-hydrogen) atoms. The lowest BCUT2D eigenvalue weighted by molar-refractivity contribution is 0.0931. The second-order valence-electron chi connectivity index (χ2n) is 7.44. The molecule has 4 heterocycles. The summed E-state index contributed by atoms with van der Waals surface area (Å²) >= 11 is 0. The second-order valence-corrected chi connectivity index (χ2v) is 7.44. The van der Waals surface area contributed by atoms with Crippen LogP contribution in [0.2, 0.25) is 0 Å². The molecule has 0 unspecified atom stereocenters. The van der Waals surface area contributed by atoms with E-state index >= 15 is 0 Å². The molecule has 0 bridgehead atoms. The van der Waals surface area contributed by atoms with Crippen LogP contribution < -0.4 is 15.6 Å². The van der Waals surface area contributed by atoms with Crippen LogP contribution in [0.3, 0.4) is 0 Å². The Balaban J connectivity index is 1.39. The molecular formula is C21H21N5O2. The number of para-hydroxylation sites is 1. The zero-order valence-electron chi connectivity index (χ0n) is 15.5. The van der Waals surface area contributed by atoms with Crippen molar-refractivity contribution in [1.29, 1.82) is 0 Å². The minimum Gasteiger partial charge on any atom is -0.347 e. The van der Waals surface area contributed by atoms with Crippen LogP contribution in [-0.2, 0) is 13.0 Å². The van der Waals surface area contributed by atoms with Gasteiger partial charge < -0.3 is 14.8 Å². The monoisotopic (exact) mass is 375 g/mol. The Morgan fingerprint density at radius 1 is 1.14 bits per heavy atom. The predicted molar refractivity (Wildman–Crippen MR) is 107 cm³/mol. The Bertz CT molecular complexity index is 1110. The van der Waals surface area contributed by atoms with Gasteiger partial charge in [-0.3, -0.25) is 9.59 Å². The maximum atomic E-state index is 12.9. The average Bonchev–Trinajstić information content (AvgIpc) is 3.15. The molecule has 0 saturated carbocycles. The normalized spacial score (nSPS) is 18.4. The van der Waals surface area contributed by atoms with Gasteiger partial charge in [-0.15, -0.1) is 0 Å². The van der Waals surface area contributed by atoms with Gasteiger partial charge in [-0.2, -0.15) is 0 Å². The Labute approximate surface area is 162 Å². The molecule has 1 fully saturated rings. The van der Waals surface area contributed by atoms with Gasteiger partial charge in [0.05, 0.1) is 5.52 Å². The molecule has 2 aliphatic heterocycles. The summed E-state index contributed by atoms with van der Waals surface area (Å²) in [6, 6.07) is 7.51. The van der Waals surface area contributed by atoms with Crippen LogP contribution in [0.25, 0.3) is 10.9 Å². The number of carbonyl (C=O) groups excluding carboxylic acids is 1. The Hall–Kier alpha value is -3.22. The first kappa shape index (κ1) is 16.9. The first-order valence-corrected chi connectivity index (χ1v) is 9.68. The van der Waals surface area contributed by atoms with Crippen molar-refractivity contribution in [2.24, 2.45) is 0 Å². The van der Waals surface area contributed by atoms with E-state index < -0.39 is 0 Å². The van der Waals surface area contributed by atoms with Gasteiger partial charge in [0.2, 0.25) is 11.4 Å². The molecule has 0 aliphatic carbocycles. The summed E-state index contributed by atoms with van der Waals surface area (Å²) in [5.74, 6) is 0.377. The zero-order chi connectivity index (χ0) is 19.1. The van der Waals surface area contributed by atoms with Crippen LogP contribution in [0.4, 0.5) is 5.95 Å². The summed E-state index contributed by atoms with van der Waals surface area (Å²) in [4.78, 5) is 36.5. The van der Waals surface area contributed by atoms with Crippen molar-refractivity contribution < 1.29 is 4.79 Å². The first-order chi connectivity index (χ1) is 13.7. The number of hydrogen-bond acceptors (Lipinski definition) is 5. The molecule has 5 rings (SSSR count). The fourth-order valence-corrected chi connectivity index (χ4v) is 4.31. The summed E-state index contributed by atoms with van der Waals surface area (Å²) in [5, 5.41) is 3.69. The Morgan fingerprint density at radius 2 is 2.00 bits per heavy atom. The van der Waals surface area contributed by atoms with E-state index in [1.807, 2.05) is 22.8 Å². The third kappa shape index (κ3) is 2.83. The minimum absolute atomic E-state index is 0.0370. The fraction of sp³-hybridized carbons (Fsp3) is 0.333. The van der Waals surface area contributed by atoms with Gasteiger partial charge in [0, 0.05) is 49.7 Å². The van der Waals surface area contributed by atoms with Crippen molar-refractivity contribution in [2.75, 3.05) is 18.0 Å². The summed E-state index contributed by atoms with van der Waals surface area (Å²) < 4.78 is 2.03. The molecule has 2 aliphatic rings. The predicted octanol–water partition coefficient (Wildman–Crippen LogP) is 1.75. The first-order valence-electron chi connectivity index (χ1n) is 9.68. The number of amides is 1. The summed E-state index contributed by atoms with van der Waals surface area (Å²) in [5.41, 5.74) is 2.17. The second kappa shape index (κ2) is 6.74. The maximum absolute atomic E-state index is 12.9. The smallest absolute Gasteiger partial charge is 0.257 e. The van der Waals surface area contributed by atoms with Crippen LogP contribution in [-0.4, -0.2) is 39.6 Å². The lowest BCUT2D eigenvalue weighted by atomic mass is 10.0. The molecule has 7 heteroatoms. The van der Waals surface area contributed by atoms with Gasteiger partial charge in [-0.25, -0.2) is 9.97 Å². The molecule has 142 valence electrons. The third-order valence-corrected chi connectivity index (χ3v) is 5.64. The summed E-state index contributed by atoms with van der Waals surface area (Å²) in [7, 11) is 0. The molecule has 2 aromatic heterocycles. The topological polar surface area (TPSA) is 80.1 Å². The van der Waals surface area contributed by atoms with Crippen LogP contribution in [0.15, 0.2) is 47.7 Å². The number of nitrogens with one attached hydrogen (secondary N) is 1. The number of anilines is 1. The fourth-order valence-electron chi connectivity index (χ4n) is 4.31. The van der Waals surface area contributed by atoms with Crippen LogP contribution in [0, 0.1) is 0 Å². The standard InChI is InChI=1S/C21H21N5O2/c27-19-16-6-1-4-14-7-11-25(18(14)16)13-17(19)20(28)24-15-5-2-10-26(12-15)21-22-8-3-9-23-21/h1,3-4,6,8-9,13,15H,2,5,7,10-12H2,(H,24,28)/t15-/m0/s1. The van der Waals surface area contributed by atoms with Gasteiger partial charge in [0.25, 0.3) is 5.91 Å². The maximum Gasteiger partial charge on any atom is 0.257 e. The van der Waals surface area contributed by atoms with E-state index in [0.29, 0.717) is 17.9 Å². The van der Waals surface area contributed by atoms with E-state index in [1.165, 1.54) is 5.56 Å². The van der Waals surface area contributed by atoms with E-state index in [9.17, 15) is 9.59 Å². The third-order valence-electron chi connectivity index (χ3n) is 5.64. The molecule has 0 spiro atoms. The summed E-state index contributed by atoms with van der Waals surface area (Å²) in [6.45, 7) is 2.31. The highest BCUT2D eigenvalue weighted by atomic mass is 16.2. The number of aryl methyl sites for hydroxylation is 2. The summed E-state index contributed by atoms with van der Waals surface area (Å²) in [6.07, 6.45) is 7.87. The highest BCUT2D eigenvalue weighted by Gasteiger charge is 2.26. The number of nitrogens with zero attached hydrogens (tertiary/aromatic N) is 4. The Kier molecular flexibility index (Phi) is 4.07. The number of pyridine rings is 1. The van der Waals surface area contributed by atoms with Gasteiger partial charge in [0.15, 0.2) is 0 Å². The number of hydrogen-bond donors (Lipinski definition) is 1. The van der Waals surface area contributed by atoms with E-state index in [2.05, 4.69) is 20.2 Å². The molecule has 1 saturated heterocycles. The van der Waals surface area contributed by atoms with Crippen molar-refractivity contribution >= 4 is 22.8 Å². The highest BCUT2D eigenvalue weighted by Crippen LogP contribution is 2.24. The molecule has 7 nitrogen and oxygen atoms in total. The number of rotatable bonds is 3. The van der Waals surface area contributed by atoms with Crippen molar-refractivity contribution in [2.45, 2.75) is 31.8 Å². The highest BCUT2D eigenvalue weighted by molar-refractivity contribution is 5.98. The number of aromatic nitrogens is 3. The zero-order valence-corrected chi connectivity index (χ0v) is 15.5. The van der Waals surface area contributed by atoms with Gasteiger partial charge in [0.1, 0.15) is 5.56 Å². The van der Waals surface area contributed by atoms with E-state index in [4.69, 9.17) is 0 Å². The van der Waals surface area contributed by atoms with Crippen molar-refractivity contribution in [1.82, 2.24) is 19.9 Å². The van der Waals surface area contributed by atoms with Crippen LogP contribution in [0.5, 0.6) is 0 Å². The van der Waals surface area contributed by atoms with Crippen molar-refractivity contribution in [3.05, 3.63) is 64.2 Å². The van der Waals surface area contributed by atoms with Crippen LogP contribution >= 0.6 is 0 Å². The molecule has 1 aromatic carbocycles. The molecular weight excluding hydrogens is 354 g/mol. The largest absolute Gasteiger partial charge is 0.347 e. The quantitative estimate of drug-likeness (QED) is 0.754. The van der Waals surface area contributed by atoms with E-state index in [1.54, 1.807) is 24.7 Å². The van der Waals surface area contributed by atoms with E-state index in [-0.39, 0.29) is 22.9 Å². The number of carbonyl (C=O) groups is 1. The minimum atomic E-state index is -0.297. The van der Waals surface area contributed by atoms with Gasteiger partial charge in [-0.1, -0.05) is 12.1 Å². The van der Waals surface area contributed by atoms with Gasteiger partial charge >= 0.3 is 0 Å². The van der Waals surface area contributed by atoms with Gasteiger partial charge in [-0.05, 0) is 37.0 Å². The number of benzene rings is 1. The molecule has 1 amide bonds. The lowest BCUT2D eigenvalue weighted by Crippen LogP contribution is -2.49. The number of piperidine rings is 1. The average molecular weight is 375 g/mol. The van der Waals surface area contributed by atoms with Crippen LogP contribution in [0.1, 0.15) is 28.8 Å². The molecule has 0 radical (unpaired) electrons. The van der Waals surface area contributed by atoms with Crippen molar-refractivity contribution in [3.63, 3.8) is 0 Å². The SMILES string of the molecule is O=C(N[C@H]1CCCN(c2ncccn2)C1)c1cn2c3c(cccc3c1=O)CC2. The Morgan fingerprint density at radius 3 is 2.86 bits per heavy atom. The molecule has 1 N–H and O–H groups in total. The molecule has 1 atom stereocenters. The lowest BCUT2D eigenvalue weighted by Gasteiger charge is -2.33. The van der Waals surface area contributed by atoms with Crippen molar-refractivity contribution in [3.8, 4) is 0 Å². The van der Waals surface area contributed by atoms with E-state index in [0.717, 1.165) is 37.9 Å². The molecule has 3 aromatic rings.